The zero-order chi connectivity index (χ0) is 17.4. The largest absolute Gasteiger partial charge is 0.423 e. The van der Waals surface area contributed by atoms with Gasteiger partial charge in [0.05, 0.1) is 13.2 Å². The number of amides is 1. The summed E-state index contributed by atoms with van der Waals surface area (Å²) < 4.78 is 11.3. The van der Waals surface area contributed by atoms with Gasteiger partial charge in [-0.05, 0) is 23.6 Å². The molecule has 1 atom stereocenters. The van der Waals surface area contributed by atoms with Crippen molar-refractivity contribution in [3.63, 3.8) is 0 Å². The lowest BCUT2D eigenvalue weighted by atomic mass is 10.1. The van der Waals surface area contributed by atoms with Gasteiger partial charge in [-0.1, -0.05) is 19.9 Å². The van der Waals surface area contributed by atoms with Crippen LogP contribution in [0.25, 0.3) is 10.9 Å². The summed E-state index contributed by atoms with van der Waals surface area (Å²) in [4.78, 5) is 18.0. The highest BCUT2D eigenvalue weighted by molar-refractivity contribution is 5.98. The SMILES string of the molecule is CC(C)c1nnc([C@@H]2COCCN2C(=O)c2ccc3cc[nH]c3c2)o1. The Labute approximate surface area is 145 Å². The van der Waals surface area contributed by atoms with Crippen molar-refractivity contribution in [1.82, 2.24) is 20.1 Å². The van der Waals surface area contributed by atoms with Gasteiger partial charge in [-0.3, -0.25) is 4.79 Å². The van der Waals surface area contributed by atoms with Crippen LogP contribution in [-0.2, 0) is 4.74 Å². The van der Waals surface area contributed by atoms with E-state index in [1.54, 1.807) is 4.90 Å². The number of carbonyl (C=O) groups excluding carboxylic acids is 1. The van der Waals surface area contributed by atoms with E-state index in [2.05, 4.69) is 15.2 Å². The molecule has 7 nitrogen and oxygen atoms in total. The minimum atomic E-state index is -0.361. The molecule has 1 aliphatic heterocycles. The average molecular weight is 340 g/mol. The highest BCUT2D eigenvalue weighted by Gasteiger charge is 2.33. The van der Waals surface area contributed by atoms with Crippen LogP contribution in [0.5, 0.6) is 0 Å². The van der Waals surface area contributed by atoms with E-state index in [0.29, 0.717) is 37.1 Å². The van der Waals surface area contributed by atoms with Crippen LogP contribution < -0.4 is 0 Å². The summed E-state index contributed by atoms with van der Waals surface area (Å²) in [5, 5.41) is 9.29. The molecule has 3 heterocycles. The molecular weight excluding hydrogens is 320 g/mol. The third kappa shape index (κ3) is 2.91. The van der Waals surface area contributed by atoms with Crippen molar-refractivity contribution < 1.29 is 13.9 Å². The van der Waals surface area contributed by atoms with E-state index < -0.39 is 0 Å². The summed E-state index contributed by atoms with van der Waals surface area (Å²) in [6.45, 7) is 5.33. The molecule has 1 N–H and O–H groups in total. The van der Waals surface area contributed by atoms with Crippen LogP contribution in [0.2, 0.25) is 0 Å². The number of hydrogen-bond donors (Lipinski definition) is 1. The topological polar surface area (TPSA) is 84.3 Å². The van der Waals surface area contributed by atoms with E-state index in [0.717, 1.165) is 10.9 Å². The summed E-state index contributed by atoms with van der Waals surface area (Å²) in [6, 6.07) is 7.28. The molecule has 1 aliphatic rings. The molecule has 2 aromatic heterocycles. The number of rotatable bonds is 3. The number of fused-ring (bicyclic) bond motifs is 1. The lowest BCUT2D eigenvalue weighted by Crippen LogP contribution is -2.43. The first-order chi connectivity index (χ1) is 12.1. The molecule has 0 bridgehead atoms. The Morgan fingerprint density at radius 3 is 3.00 bits per heavy atom. The first-order valence-corrected chi connectivity index (χ1v) is 8.42. The number of nitrogens with one attached hydrogen (secondary N) is 1. The minimum Gasteiger partial charge on any atom is -0.423 e. The molecule has 0 unspecified atom stereocenters. The molecule has 0 radical (unpaired) electrons. The quantitative estimate of drug-likeness (QED) is 0.792. The fraction of sp³-hybridized carbons (Fsp3) is 0.389. The van der Waals surface area contributed by atoms with E-state index in [1.165, 1.54) is 0 Å². The highest BCUT2D eigenvalue weighted by atomic mass is 16.5. The molecule has 25 heavy (non-hydrogen) atoms. The van der Waals surface area contributed by atoms with Crippen molar-refractivity contribution >= 4 is 16.8 Å². The van der Waals surface area contributed by atoms with E-state index in [4.69, 9.17) is 9.15 Å². The lowest BCUT2D eigenvalue weighted by Gasteiger charge is -2.33. The summed E-state index contributed by atoms with van der Waals surface area (Å²) in [6.07, 6.45) is 1.86. The fourth-order valence-electron chi connectivity index (χ4n) is 3.01. The van der Waals surface area contributed by atoms with Crippen LogP contribution in [0, 0.1) is 0 Å². The third-order valence-electron chi connectivity index (χ3n) is 4.43. The molecule has 1 saturated heterocycles. The normalized spacial score (nSPS) is 18.2. The molecular formula is C18H20N4O3. The molecule has 1 amide bonds. The molecule has 0 spiro atoms. The van der Waals surface area contributed by atoms with Crippen molar-refractivity contribution in [3.8, 4) is 0 Å². The van der Waals surface area contributed by atoms with Gasteiger partial charge in [0, 0.05) is 29.7 Å². The number of ether oxygens (including phenoxy) is 1. The van der Waals surface area contributed by atoms with Crippen LogP contribution in [-0.4, -0.2) is 45.7 Å². The van der Waals surface area contributed by atoms with Gasteiger partial charge in [-0.15, -0.1) is 10.2 Å². The Balaban J connectivity index is 1.64. The number of carbonyl (C=O) groups is 1. The van der Waals surface area contributed by atoms with Crippen molar-refractivity contribution in [2.24, 2.45) is 0 Å². The van der Waals surface area contributed by atoms with Gasteiger partial charge in [0.25, 0.3) is 5.91 Å². The predicted octanol–water partition coefficient (Wildman–Crippen LogP) is 2.89. The highest BCUT2D eigenvalue weighted by Crippen LogP contribution is 2.27. The smallest absolute Gasteiger partial charge is 0.254 e. The number of hydrogen-bond acceptors (Lipinski definition) is 5. The van der Waals surface area contributed by atoms with E-state index in [1.807, 2.05) is 44.3 Å². The zero-order valence-corrected chi connectivity index (χ0v) is 14.2. The Morgan fingerprint density at radius 1 is 1.32 bits per heavy atom. The van der Waals surface area contributed by atoms with Gasteiger partial charge in [0.1, 0.15) is 6.04 Å². The number of aromatic amines is 1. The second-order valence-corrected chi connectivity index (χ2v) is 6.50. The van der Waals surface area contributed by atoms with Crippen LogP contribution in [0.15, 0.2) is 34.9 Å². The summed E-state index contributed by atoms with van der Waals surface area (Å²) >= 11 is 0. The van der Waals surface area contributed by atoms with E-state index in [9.17, 15) is 4.79 Å². The van der Waals surface area contributed by atoms with Gasteiger partial charge in [-0.2, -0.15) is 0 Å². The third-order valence-corrected chi connectivity index (χ3v) is 4.43. The zero-order valence-electron chi connectivity index (χ0n) is 14.2. The first-order valence-electron chi connectivity index (χ1n) is 8.42. The number of morpholine rings is 1. The fourth-order valence-corrected chi connectivity index (χ4v) is 3.01. The van der Waals surface area contributed by atoms with Crippen molar-refractivity contribution in [2.45, 2.75) is 25.8 Å². The maximum Gasteiger partial charge on any atom is 0.254 e. The van der Waals surface area contributed by atoms with Gasteiger partial charge < -0.3 is 19.0 Å². The van der Waals surface area contributed by atoms with Crippen LogP contribution in [0.3, 0.4) is 0 Å². The Morgan fingerprint density at radius 2 is 2.20 bits per heavy atom. The molecule has 0 aliphatic carbocycles. The van der Waals surface area contributed by atoms with Crippen molar-refractivity contribution in [3.05, 3.63) is 47.8 Å². The van der Waals surface area contributed by atoms with E-state index >= 15 is 0 Å². The maximum absolute atomic E-state index is 13.1. The summed E-state index contributed by atoms with van der Waals surface area (Å²) in [5.41, 5.74) is 1.57. The number of nitrogens with zero attached hydrogens (tertiary/aromatic N) is 3. The second-order valence-electron chi connectivity index (χ2n) is 6.50. The number of benzene rings is 1. The van der Waals surface area contributed by atoms with Crippen LogP contribution >= 0.6 is 0 Å². The number of H-pyrrole nitrogens is 1. The Bertz CT molecular complexity index is 899. The van der Waals surface area contributed by atoms with Gasteiger partial charge >= 0.3 is 0 Å². The predicted molar refractivity (Wildman–Crippen MR) is 91.3 cm³/mol. The van der Waals surface area contributed by atoms with Gasteiger partial charge in [0.2, 0.25) is 11.8 Å². The molecule has 7 heteroatoms. The van der Waals surface area contributed by atoms with Gasteiger partial charge in [0.15, 0.2) is 0 Å². The Hall–Kier alpha value is -2.67. The van der Waals surface area contributed by atoms with E-state index in [-0.39, 0.29) is 17.9 Å². The lowest BCUT2D eigenvalue weighted by molar-refractivity contribution is -0.0107. The van der Waals surface area contributed by atoms with Gasteiger partial charge in [-0.25, -0.2) is 0 Å². The molecule has 3 aromatic rings. The molecule has 1 aromatic carbocycles. The number of aromatic nitrogens is 3. The molecule has 0 saturated carbocycles. The Kier molecular flexibility index (Phi) is 4.01. The summed E-state index contributed by atoms with van der Waals surface area (Å²) in [5.74, 6) is 1.08. The summed E-state index contributed by atoms with van der Waals surface area (Å²) in [7, 11) is 0. The molecule has 1 fully saturated rings. The van der Waals surface area contributed by atoms with Crippen molar-refractivity contribution in [2.75, 3.05) is 19.8 Å². The first kappa shape index (κ1) is 15.8. The van der Waals surface area contributed by atoms with Crippen molar-refractivity contribution in [1.29, 1.82) is 0 Å². The maximum atomic E-state index is 13.1. The minimum absolute atomic E-state index is 0.0610. The molecule has 130 valence electrons. The standard InChI is InChI=1S/C18H20N4O3/c1-11(2)16-20-21-17(25-16)15-10-24-8-7-22(15)18(23)13-4-3-12-5-6-19-14(12)9-13/h3-6,9,11,15,19H,7-8,10H2,1-2H3/t15-/m0/s1. The van der Waals surface area contributed by atoms with Crippen LogP contribution in [0.1, 0.15) is 47.9 Å². The monoisotopic (exact) mass is 340 g/mol. The molecule has 4 rings (SSSR count). The second kappa shape index (κ2) is 6.33. The van der Waals surface area contributed by atoms with Crippen LogP contribution in [0.4, 0.5) is 0 Å². The average Bonchev–Trinajstić information content (AvgIpc) is 3.29.